The van der Waals surface area contributed by atoms with Gasteiger partial charge in [-0.05, 0) is 25.6 Å². The third-order valence-corrected chi connectivity index (χ3v) is 3.49. The molecule has 0 aliphatic carbocycles. The first-order valence-electron chi connectivity index (χ1n) is 6.29. The van der Waals surface area contributed by atoms with Crippen LogP contribution in [0.3, 0.4) is 0 Å². The molecule has 1 fully saturated rings. The fourth-order valence-corrected chi connectivity index (χ4v) is 2.49. The van der Waals surface area contributed by atoms with Gasteiger partial charge in [0.2, 0.25) is 0 Å². The Hall–Kier alpha value is -1.75. The van der Waals surface area contributed by atoms with Crippen LogP contribution in [-0.2, 0) is 9.53 Å². The van der Waals surface area contributed by atoms with Gasteiger partial charge in [0.25, 0.3) is 0 Å². The standard InChI is InChI=1S/C14H20N2O3/c1-16-8-7-14(10-16,13(17)19-3)15-11-5-4-6-12(9-11)18-2/h4-6,9,15H,7-8,10H2,1-3H3. The first-order chi connectivity index (χ1) is 9.09. The van der Waals surface area contributed by atoms with Crippen molar-refractivity contribution in [2.24, 2.45) is 0 Å². The summed E-state index contributed by atoms with van der Waals surface area (Å²) in [5.74, 6) is 0.538. The summed E-state index contributed by atoms with van der Waals surface area (Å²) in [4.78, 5) is 14.2. The van der Waals surface area contributed by atoms with Gasteiger partial charge < -0.3 is 19.7 Å². The summed E-state index contributed by atoms with van der Waals surface area (Å²) in [5.41, 5.74) is 0.190. The first-order valence-corrected chi connectivity index (χ1v) is 6.29. The molecule has 1 unspecified atom stereocenters. The van der Waals surface area contributed by atoms with Crippen molar-refractivity contribution in [2.45, 2.75) is 12.0 Å². The molecule has 104 valence electrons. The quantitative estimate of drug-likeness (QED) is 0.832. The molecule has 0 aromatic heterocycles. The van der Waals surface area contributed by atoms with Crippen molar-refractivity contribution in [1.29, 1.82) is 0 Å². The number of carbonyl (C=O) groups is 1. The molecule has 1 aromatic rings. The lowest BCUT2D eigenvalue weighted by molar-refractivity contribution is -0.145. The van der Waals surface area contributed by atoms with Crippen molar-refractivity contribution >= 4 is 11.7 Å². The van der Waals surface area contributed by atoms with E-state index in [1.54, 1.807) is 7.11 Å². The van der Waals surface area contributed by atoms with Crippen LogP contribution in [0.4, 0.5) is 5.69 Å². The van der Waals surface area contributed by atoms with Crippen molar-refractivity contribution in [3.8, 4) is 5.75 Å². The van der Waals surface area contributed by atoms with Crippen LogP contribution in [0.5, 0.6) is 5.75 Å². The average Bonchev–Trinajstić information content (AvgIpc) is 2.80. The minimum atomic E-state index is -0.671. The molecule has 5 nitrogen and oxygen atoms in total. The number of rotatable bonds is 4. The Bertz CT molecular complexity index is 464. The molecule has 1 N–H and O–H groups in total. The fourth-order valence-electron chi connectivity index (χ4n) is 2.49. The lowest BCUT2D eigenvalue weighted by atomic mass is 9.98. The number of ether oxygens (including phenoxy) is 2. The molecule has 1 saturated heterocycles. The zero-order chi connectivity index (χ0) is 13.9. The number of nitrogens with one attached hydrogen (secondary N) is 1. The smallest absolute Gasteiger partial charge is 0.332 e. The van der Waals surface area contributed by atoms with Crippen LogP contribution in [0.15, 0.2) is 24.3 Å². The van der Waals surface area contributed by atoms with Crippen LogP contribution < -0.4 is 10.1 Å². The minimum absolute atomic E-state index is 0.223. The zero-order valence-electron chi connectivity index (χ0n) is 11.6. The van der Waals surface area contributed by atoms with E-state index in [0.717, 1.165) is 24.4 Å². The Balaban J connectivity index is 2.23. The Labute approximate surface area is 113 Å². The summed E-state index contributed by atoms with van der Waals surface area (Å²) in [6, 6.07) is 7.57. The SMILES string of the molecule is COC(=O)C1(Nc2cccc(OC)c2)CCN(C)C1. The highest BCUT2D eigenvalue weighted by Gasteiger charge is 2.44. The van der Waals surface area contributed by atoms with Crippen molar-refractivity contribution in [2.75, 3.05) is 39.7 Å². The topological polar surface area (TPSA) is 50.8 Å². The number of nitrogens with zero attached hydrogens (tertiary/aromatic N) is 1. The molecule has 0 radical (unpaired) electrons. The van der Waals surface area contributed by atoms with Gasteiger partial charge in [0.15, 0.2) is 0 Å². The second kappa shape index (κ2) is 5.48. The summed E-state index contributed by atoms with van der Waals surface area (Å²) < 4.78 is 10.1. The van der Waals surface area contributed by atoms with E-state index in [4.69, 9.17) is 9.47 Å². The van der Waals surface area contributed by atoms with Gasteiger partial charge in [0.1, 0.15) is 11.3 Å². The van der Waals surface area contributed by atoms with E-state index in [2.05, 4.69) is 10.2 Å². The van der Waals surface area contributed by atoms with Crippen molar-refractivity contribution in [3.05, 3.63) is 24.3 Å². The molecule has 2 rings (SSSR count). The van der Waals surface area contributed by atoms with Crippen molar-refractivity contribution in [1.82, 2.24) is 4.90 Å². The van der Waals surface area contributed by atoms with E-state index >= 15 is 0 Å². The minimum Gasteiger partial charge on any atom is -0.497 e. The van der Waals surface area contributed by atoms with Gasteiger partial charge in [-0.2, -0.15) is 0 Å². The van der Waals surface area contributed by atoms with Gasteiger partial charge >= 0.3 is 5.97 Å². The van der Waals surface area contributed by atoms with E-state index in [0.29, 0.717) is 6.54 Å². The van der Waals surface area contributed by atoms with E-state index < -0.39 is 5.54 Å². The predicted octanol–water partition coefficient (Wildman–Crippen LogP) is 1.35. The van der Waals surface area contributed by atoms with Crippen molar-refractivity contribution in [3.63, 3.8) is 0 Å². The molecule has 0 amide bonds. The maximum Gasteiger partial charge on any atom is 0.332 e. The van der Waals surface area contributed by atoms with E-state index in [1.165, 1.54) is 7.11 Å². The number of esters is 1. The number of likely N-dealkylation sites (N-methyl/N-ethyl adjacent to an activating group) is 1. The summed E-state index contributed by atoms with van der Waals surface area (Å²) >= 11 is 0. The number of hydrogen-bond acceptors (Lipinski definition) is 5. The van der Waals surface area contributed by atoms with Crippen LogP contribution in [0.2, 0.25) is 0 Å². The number of likely N-dealkylation sites (tertiary alicyclic amines) is 1. The third-order valence-electron chi connectivity index (χ3n) is 3.49. The Morgan fingerprint density at radius 2 is 2.21 bits per heavy atom. The molecule has 0 spiro atoms. The Morgan fingerprint density at radius 1 is 1.42 bits per heavy atom. The van der Waals surface area contributed by atoms with Gasteiger partial charge in [-0.15, -0.1) is 0 Å². The molecule has 5 heteroatoms. The second-order valence-corrected chi connectivity index (χ2v) is 4.92. The van der Waals surface area contributed by atoms with Gasteiger partial charge in [0, 0.05) is 24.8 Å². The van der Waals surface area contributed by atoms with Crippen LogP contribution in [0, 0.1) is 0 Å². The lowest BCUT2D eigenvalue weighted by Gasteiger charge is -2.28. The highest BCUT2D eigenvalue weighted by molar-refractivity contribution is 5.85. The van der Waals surface area contributed by atoms with Crippen molar-refractivity contribution < 1.29 is 14.3 Å². The first kappa shape index (κ1) is 13.7. The van der Waals surface area contributed by atoms with E-state index in [1.807, 2.05) is 31.3 Å². The largest absolute Gasteiger partial charge is 0.497 e. The number of benzene rings is 1. The maximum absolute atomic E-state index is 12.1. The summed E-state index contributed by atoms with van der Waals surface area (Å²) in [5, 5.41) is 3.31. The molecule has 19 heavy (non-hydrogen) atoms. The molecule has 1 heterocycles. The summed E-state index contributed by atoms with van der Waals surface area (Å²) in [7, 11) is 5.05. The summed E-state index contributed by atoms with van der Waals surface area (Å²) in [6.45, 7) is 1.50. The molecular weight excluding hydrogens is 244 g/mol. The van der Waals surface area contributed by atoms with Gasteiger partial charge in [-0.25, -0.2) is 4.79 Å². The van der Waals surface area contributed by atoms with Crippen LogP contribution in [0.25, 0.3) is 0 Å². The zero-order valence-corrected chi connectivity index (χ0v) is 11.6. The third kappa shape index (κ3) is 2.81. The molecule has 1 aliphatic rings. The van der Waals surface area contributed by atoms with Crippen LogP contribution in [-0.4, -0.2) is 50.8 Å². The normalized spacial score (nSPS) is 23.1. The predicted molar refractivity (Wildman–Crippen MR) is 73.5 cm³/mol. The van der Waals surface area contributed by atoms with E-state index in [9.17, 15) is 4.79 Å². The van der Waals surface area contributed by atoms with Gasteiger partial charge in [-0.1, -0.05) is 6.07 Å². The van der Waals surface area contributed by atoms with Crippen LogP contribution in [0.1, 0.15) is 6.42 Å². The molecule has 1 aliphatic heterocycles. The highest BCUT2D eigenvalue weighted by atomic mass is 16.5. The van der Waals surface area contributed by atoms with E-state index in [-0.39, 0.29) is 5.97 Å². The Kier molecular flexibility index (Phi) is 3.95. The number of anilines is 1. The maximum atomic E-state index is 12.1. The molecule has 1 atom stereocenters. The monoisotopic (exact) mass is 264 g/mol. The van der Waals surface area contributed by atoms with Gasteiger partial charge in [-0.3, -0.25) is 0 Å². The number of carbonyl (C=O) groups excluding carboxylic acids is 1. The molecule has 0 bridgehead atoms. The number of hydrogen-bond donors (Lipinski definition) is 1. The van der Waals surface area contributed by atoms with Crippen LogP contribution >= 0.6 is 0 Å². The molecule has 0 saturated carbocycles. The average molecular weight is 264 g/mol. The lowest BCUT2D eigenvalue weighted by Crippen LogP contribution is -2.49. The number of methoxy groups -OCH3 is 2. The fraction of sp³-hybridized carbons (Fsp3) is 0.500. The Morgan fingerprint density at radius 3 is 2.79 bits per heavy atom. The molecular formula is C14H20N2O3. The molecule has 1 aromatic carbocycles. The summed E-state index contributed by atoms with van der Waals surface area (Å²) in [6.07, 6.45) is 0.730. The highest BCUT2D eigenvalue weighted by Crippen LogP contribution is 2.28. The second-order valence-electron chi connectivity index (χ2n) is 4.92. The van der Waals surface area contributed by atoms with Gasteiger partial charge in [0.05, 0.1) is 14.2 Å².